The molecule has 4 heteroatoms. The number of aromatic nitrogens is 2. The average Bonchev–Trinajstić information content (AvgIpc) is 2.27. The van der Waals surface area contributed by atoms with E-state index in [9.17, 15) is 0 Å². The molecule has 0 bridgehead atoms. The molecular weight excluding hydrogens is 230 g/mol. The lowest BCUT2D eigenvalue weighted by Crippen LogP contribution is -2.45. The Morgan fingerprint density at radius 1 is 1.38 bits per heavy atom. The molecule has 3 nitrogen and oxygen atoms in total. The molecule has 13 heavy (non-hydrogen) atoms. The molecule has 0 saturated carbocycles. The third-order valence-corrected chi connectivity index (χ3v) is 3.78. The summed E-state index contributed by atoms with van der Waals surface area (Å²) in [4.78, 5) is 2.30. The van der Waals surface area contributed by atoms with E-state index in [1.165, 1.54) is 5.69 Å². The van der Waals surface area contributed by atoms with Gasteiger partial charge in [-0.1, -0.05) is 0 Å². The molecule has 0 aliphatic carbocycles. The maximum atomic E-state index is 4.51. The second kappa shape index (κ2) is 3.10. The van der Waals surface area contributed by atoms with Crippen LogP contribution in [0.1, 0.15) is 17.4 Å². The SMILES string of the molecule is Cc1nn(C2CN(C)C2)c(C)c1Br. The Hall–Kier alpha value is -0.350. The van der Waals surface area contributed by atoms with Gasteiger partial charge in [0, 0.05) is 13.1 Å². The van der Waals surface area contributed by atoms with E-state index in [1.54, 1.807) is 0 Å². The van der Waals surface area contributed by atoms with E-state index in [2.05, 4.69) is 44.6 Å². The molecule has 1 aliphatic heterocycles. The fourth-order valence-electron chi connectivity index (χ4n) is 1.82. The molecule has 0 atom stereocenters. The standard InChI is InChI=1S/C9H14BrN3/c1-6-9(10)7(2)13(11-6)8-4-12(3)5-8/h8H,4-5H2,1-3H3. The number of rotatable bonds is 1. The van der Waals surface area contributed by atoms with Gasteiger partial charge in [-0.15, -0.1) is 0 Å². The Bertz CT molecular complexity index is 326. The summed E-state index contributed by atoms with van der Waals surface area (Å²) in [5.74, 6) is 0. The zero-order valence-electron chi connectivity index (χ0n) is 8.21. The first-order valence-corrected chi connectivity index (χ1v) is 5.28. The van der Waals surface area contributed by atoms with E-state index in [0.29, 0.717) is 6.04 Å². The van der Waals surface area contributed by atoms with Crippen molar-refractivity contribution in [3.8, 4) is 0 Å². The van der Waals surface area contributed by atoms with Crippen molar-refractivity contribution >= 4 is 15.9 Å². The first-order valence-electron chi connectivity index (χ1n) is 4.49. The summed E-state index contributed by atoms with van der Waals surface area (Å²) in [7, 11) is 2.14. The normalized spacial score (nSPS) is 19.1. The van der Waals surface area contributed by atoms with Crippen LogP contribution < -0.4 is 0 Å². The number of likely N-dealkylation sites (tertiary alicyclic amines) is 1. The van der Waals surface area contributed by atoms with Crippen LogP contribution in [0.15, 0.2) is 4.47 Å². The highest BCUT2D eigenvalue weighted by molar-refractivity contribution is 9.10. The minimum atomic E-state index is 0.579. The van der Waals surface area contributed by atoms with Crippen LogP contribution in [0, 0.1) is 13.8 Å². The maximum absolute atomic E-state index is 4.51. The van der Waals surface area contributed by atoms with Gasteiger partial charge in [-0.3, -0.25) is 4.68 Å². The summed E-state index contributed by atoms with van der Waals surface area (Å²) in [6.45, 7) is 6.39. The third kappa shape index (κ3) is 1.42. The second-order valence-electron chi connectivity index (χ2n) is 3.80. The van der Waals surface area contributed by atoms with Crippen LogP contribution in [-0.4, -0.2) is 34.8 Å². The van der Waals surface area contributed by atoms with Crippen molar-refractivity contribution in [2.75, 3.05) is 20.1 Å². The number of hydrogen-bond acceptors (Lipinski definition) is 2. The Labute approximate surface area is 86.8 Å². The van der Waals surface area contributed by atoms with Crippen LogP contribution >= 0.6 is 15.9 Å². The molecule has 0 N–H and O–H groups in total. The molecule has 1 saturated heterocycles. The molecular formula is C9H14BrN3. The van der Waals surface area contributed by atoms with Crippen molar-refractivity contribution in [3.63, 3.8) is 0 Å². The second-order valence-corrected chi connectivity index (χ2v) is 4.60. The molecule has 2 rings (SSSR count). The molecule has 2 heterocycles. The molecule has 1 aromatic heterocycles. The lowest BCUT2D eigenvalue weighted by Gasteiger charge is -2.36. The van der Waals surface area contributed by atoms with E-state index >= 15 is 0 Å². The van der Waals surface area contributed by atoms with Gasteiger partial charge < -0.3 is 4.90 Å². The fourth-order valence-corrected chi connectivity index (χ4v) is 2.08. The molecule has 0 radical (unpaired) electrons. The van der Waals surface area contributed by atoms with Gasteiger partial charge in [-0.25, -0.2) is 0 Å². The van der Waals surface area contributed by atoms with E-state index in [0.717, 1.165) is 23.3 Å². The van der Waals surface area contributed by atoms with Gasteiger partial charge in [-0.05, 0) is 36.8 Å². The molecule has 1 aromatic rings. The molecule has 1 aliphatic rings. The predicted octanol–water partition coefficient (Wildman–Crippen LogP) is 1.75. The van der Waals surface area contributed by atoms with Gasteiger partial charge in [0.05, 0.1) is 21.9 Å². The molecule has 0 amide bonds. The molecule has 1 fully saturated rings. The zero-order chi connectivity index (χ0) is 9.59. The maximum Gasteiger partial charge on any atom is 0.0776 e. The Morgan fingerprint density at radius 2 is 2.00 bits per heavy atom. The van der Waals surface area contributed by atoms with Crippen LogP contribution in [0.4, 0.5) is 0 Å². The number of halogens is 1. The highest BCUT2D eigenvalue weighted by Gasteiger charge is 2.27. The van der Waals surface area contributed by atoms with Crippen molar-refractivity contribution in [2.45, 2.75) is 19.9 Å². The van der Waals surface area contributed by atoms with Crippen LogP contribution in [0.25, 0.3) is 0 Å². The van der Waals surface area contributed by atoms with Gasteiger partial charge >= 0.3 is 0 Å². The van der Waals surface area contributed by atoms with Crippen LogP contribution in [0.2, 0.25) is 0 Å². The van der Waals surface area contributed by atoms with E-state index in [4.69, 9.17) is 0 Å². The minimum absolute atomic E-state index is 0.579. The summed E-state index contributed by atoms with van der Waals surface area (Å²) in [5.41, 5.74) is 2.34. The Kier molecular flexibility index (Phi) is 2.20. The summed E-state index contributed by atoms with van der Waals surface area (Å²) < 4.78 is 3.29. The average molecular weight is 244 g/mol. The topological polar surface area (TPSA) is 21.1 Å². The zero-order valence-corrected chi connectivity index (χ0v) is 9.80. The number of likely N-dealkylation sites (N-methyl/N-ethyl adjacent to an activating group) is 1. The van der Waals surface area contributed by atoms with Gasteiger partial charge in [0.15, 0.2) is 0 Å². The lowest BCUT2D eigenvalue weighted by molar-refractivity contribution is 0.128. The Morgan fingerprint density at radius 3 is 2.38 bits per heavy atom. The number of aryl methyl sites for hydroxylation is 1. The lowest BCUT2D eigenvalue weighted by atomic mass is 10.1. The van der Waals surface area contributed by atoms with E-state index in [1.807, 2.05) is 6.92 Å². The number of nitrogens with zero attached hydrogens (tertiary/aromatic N) is 3. The van der Waals surface area contributed by atoms with Gasteiger partial charge in [-0.2, -0.15) is 5.10 Å². The van der Waals surface area contributed by atoms with Crippen molar-refractivity contribution in [1.82, 2.24) is 14.7 Å². The summed E-state index contributed by atoms with van der Waals surface area (Å²) >= 11 is 3.54. The van der Waals surface area contributed by atoms with Gasteiger partial charge in [0.2, 0.25) is 0 Å². The highest BCUT2D eigenvalue weighted by Crippen LogP contribution is 2.26. The van der Waals surface area contributed by atoms with Crippen LogP contribution in [-0.2, 0) is 0 Å². The van der Waals surface area contributed by atoms with E-state index in [-0.39, 0.29) is 0 Å². The first-order chi connectivity index (χ1) is 6.09. The highest BCUT2D eigenvalue weighted by atomic mass is 79.9. The van der Waals surface area contributed by atoms with Gasteiger partial charge in [0.25, 0.3) is 0 Å². The first kappa shape index (κ1) is 9.21. The van der Waals surface area contributed by atoms with Crippen molar-refractivity contribution in [3.05, 3.63) is 15.9 Å². The molecule has 0 unspecified atom stereocenters. The van der Waals surface area contributed by atoms with E-state index < -0.39 is 0 Å². The van der Waals surface area contributed by atoms with Crippen LogP contribution in [0.3, 0.4) is 0 Å². The monoisotopic (exact) mass is 243 g/mol. The summed E-state index contributed by atoms with van der Waals surface area (Å²) in [6.07, 6.45) is 0. The van der Waals surface area contributed by atoms with Gasteiger partial charge in [0.1, 0.15) is 0 Å². The fraction of sp³-hybridized carbons (Fsp3) is 0.667. The summed E-state index contributed by atoms with van der Waals surface area (Å²) in [5, 5.41) is 4.51. The number of hydrogen-bond donors (Lipinski definition) is 0. The predicted molar refractivity (Wildman–Crippen MR) is 55.9 cm³/mol. The molecule has 72 valence electrons. The summed E-state index contributed by atoms with van der Waals surface area (Å²) in [6, 6.07) is 0.579. The van der Waals surface area contributed by atoms with Crippen molar-refractivity contribution in [1.29, 1.82) is 0 Å². The quantitative estimate of drug-likeness (QED) is 0.750. The molecule has 0 spiro atoms. The minimum Gasteiger partial charge on any atom is -0.302 e. The smallest absolute Gasteiger partial charge is 0.0776 e. The largest absolute Gasteiger partial charge is 0.302 e. The third-order valence-electron chi connectivity index (χ3n) is 2.63. The van der Waals surface area contributed by atoms with Crippen molar-refractivity contribution < 1.29 is 0 Å². The van der Waals surface area contributed by atoms with Crippen LogP contribution in [0.5, 0.6) is 0 Å². The van der Waals surface area contributed by atoms with Crippen molar-refractivity contribution in [2.24, 2.45) is 0 Å². The molecule has 0 aromatic carbocycles. The Balaban J connectivity index is 2.26.